The van der Waals surface area contributed by atoms with E-state index >= 15 is 0 Å². The molecule has 1 atom stereocenters. The number of carbonyl (C=O) groups is 4. The van der Waals surface area contributed by atoms with Crippen molar-refractivity contribution in [2.24, 2.45) is 5.73 Å². The molecule has 4 amide bonds. The molecule has 174 valence electrons. The summed E-state index contributed by atoms with van der Waals surface area (Å²) < 4.78 is 0. The molecule has 4 N–H and O–H groups in total. The molecule has 1 unspecified atom stereocenters. The van der Waals surface area contributed by atoms with Crippen LogP contribution in [-0.4, -0.2) is 46.7 Å². The van der Waals surface area contributed by atoms with Gasteiger partial charge in [-0.1, -0.05) is 37.8 Å². The van der Waals surface area contributed by atoms with E-state index in [4.69, 9.17) is 5.73 Å². The largest absolute Gasteiger partial charge is 0.326 e. The number of benzene rings is 1. The summed E-state index contributed by atoms with van der Waals surface area (Å²) in [5.74, 6) is -1.90. The Balaban J connectivity index is 1.50. The van der Waals surface area contributed by atoms with E-state index in [2.05, 4.69) is 24.5 Å². The molecule has 1 saturated heterocycles. The Hall–Kier alpha value is -2.58. The molecule has 0 radical (unpaired) electrons. The number of fused-ring (bicyclic) bond motifs is 1. The Labute approximate surface area is 189 Å². The van der Waals surface area contributed by atoms with E-state index < -0.39 is 23.8 Å². The number of amides is 4. The molecule has 1 aromatic carbocycles. The first-order chi connectivity index (χ1) is 15.2. The van der Waals surface area contributed by atoms with Gasteiger partial charge in [0.2, 0.25) is 11.8 Å². The SMILES string of the molecule is CC(C)(N)CCCCCCCNCc1cccc2c1C(=O)N(C1CCC(=O)NC1=O)C2=O. The van der Waals surface area contributed by atoms with Crippen molar-refractivity contribution in [3.63, 3.8) is 0 Å². The average molecular weight is 443 g/mol. The van der Waals surface area contributed by atoms with Crippen molar-refractivity contribution in [2.45, 2.75) is 83.3 Å². The zero-order valence-corrected chi connectivity index (χ0v) is 19.0. The zero-order chi connectivity index (χ0) is 23.3. The average Bonchev–Trinajstić information content (AvgIpc) is 2.97. The lowest BCUT2D eigenvalue weighted by Gasteiger charge is -2.27. The van der Waals surface area contributed by atoms with Crippen LogP contribution in [0.5, 0.6) is 0 Å². The van der Waals surface area contributed by atoms with Gasteiger partial charge in [-0.2, -0.15) is 0 Å². The number of nitrogens with one attached hydrogen (secondary N) is 2. The normalized spacial score (nSPS) is 18.8. The van der Waals surface area contributed by atoms with Gasteiger partial charge in [-0.25, -0.2) is 0 Å². The van der Waals surface area contributed by atoms with Gasteiger partial charge in [0, 0.05) is 18.5 Å². The Kier molecular flexibility index (Phi) is 7.79. The van der Waals surface area contributed by atoms with Gasteiger partial charge in [0.25, 0.3) is 11.8 Å². The van der Waals surface area contributed by atoms with Crippen LogP contribution in [0, 0.1) is 0 Å². The summed E-state index contributed by atoms with van der Waals surface area (Å²) in [6, 6.07) is 4.27. The van der Waals surface area contributed by atoms with Gasteiger partial charge in [0.15, 0.2) is 0 Å². The Bertz CT molecular complexity index is 890. The highest BCUT2D eigenvalue weighted by Gasteiger charge is 2.45. The minimum absolute atomic E-state index is 0.0931. The van der Waals surface area contributed by atoms with Crippen LogP contribution in [-0.2, 0) is 16.1 Å². The maximum Gasteiger partial charge on any atom is 0.262 e. The maximum absolute atomic E-state index is 13.1. The third-order valence-corrected chi connectivity index (χ3v) is 6.04. The molecule has 8 nitrogen and oxygen atoms in total. The topological polar surface area (TPSA) is 122 Å². The minimum Gasteiger partial charge on any atom is -0.326 e. The van der Waals surface area contributed by atoms with Crippen molar-refractivity contribution >= 4 is 23.6 Å². The van der Waals surface area contributed by atoms with Crippen molar-refractivity contribution in [3.05, 3.63) is 34.9 Å². The van der Waals surface area contributed by atoms with Gasteiger partial charge < -0.3 is 11.1 Å². The summed E-state index contributed by atoms with van der Waals surface area (Å²) >= 11 is 0. The fourth-order valence-corrected chi connectivity index (χ4v) is 4.32. The number of piperidine rings is 1. The Morgan fingerprint density at radius 3 is 2.50 bits per heavy atom. The van der Waals surface area contributed by atoms with E-state index in [9.17, 15) is 19.2 Å². The van der Waals surface area contributed by atoms with Crippen LogP contribution < -0.4 is 16.4 Å². The van der Waals surface area contributed by atoms with Crippen LogP contribution in [0.4, 0.5) is 0 Å². The molecule has 2 aliphatic rings. The van der Waals surface area contributed by atoms with Crippen LogP contribution in [0.2, 0.25) is 0 Å². The van der Waals surface area contributed by atoms with Crippen molar-refractivity contribution < 1.29 is 19.2 Å². The lowest BCUT2D eigenvalue weighted by Crippen LogP contribution is -2.54. The highest BCUT2D eigenvalue weighted by atomic mass is 16.2. The number of nitrogens with two attached hydrogens (primary N) is 1. The van der Waals surface area contributed by atoms with E-state index in [1.165, 1.54) is 12.8 Å². The summed E-state index contributed by atoms with van der Waals surface area (Å²) in [5.41, 5.74) is 7.34. The number of hydrogen-bond donors (Lipinski definition) is 3. The number of nitrogens with zero attached hydrogens (tertiary/aromatic N) is 1. The second-order valence-corrected chi connectivity index (χ2v) is 9.47. The molecule has 2 aliphatic heterocycles. The first kappa shape index (κ1) is 24.1. The number of unbranched alkanes of at least 4 members (excludes halogenated alkanes) is 4. The van der Waals surface area contributed by atoms with Gasteiger partial charge >= 0.3 is 0 Å². The lowest BCUT2D eigenvalue weighted by molar-refractivity contribution is -0.136. The van der Waals surface area contributed by atoms with Gasteiger partial charge in [-0.05, 0) is 51.3 Å². The molecule has 1 fully saturated rings. The zero-order valence-electron chi connectivity index (χ0n) is 19.0. The second kappa shape index (κ2) is 10.4. The van der Waals surface area contributed by atoms with Crippen molar-refractivity contribution in [2.75, 3.05) is 6.54 Å². The van der Waals surface area contributed by atoms with Gasteiger partial charge in [0.1, 0.15) is 6.04 Å². The van der Waals surface area contributed by atoms with E-state index in [0.29, 0.717) is 17.7 Å². The third kappa shape index (κ3) is 5.81. The summed E-state index contributed by atoms with van der Waals surface area (Å²) in [6.45, 7) is 5.41. The van der Waals surface area contributed by atoms with Crippen LogP contribution >= 0.6 is 0 Å². The maximum atomic E-state index is 13.1. The summed E-state index contributed by atoms with van der Waals surface area (Å²) in [6.07, 6.45) is 6.97. The summed E-state index contributed by atoms with van der Waals surface area (Å²) in [4.78, 5) is 50.6. The smallest absolute Gasteiger partial charge is 0.262 e. The number of imide groups is 2. The molecule has 2 heterocycles. The van der Waals surface area contributed by atoms with Gasteiger partial charge in [-0.3, -0.25) is 29.4 Å². The standard InChI is InChI=1S/C24H34N4O4/c1-24(2,25)13-6-4-3-5-7-14-26-15-16-9-8-10-17-20(16)23(32)28(22(17)31)18-11-12-19(29)27-21(18)30/h8-10,18,26H,3-7,11-15,25H2,1-2H3,(H,27,29,30). The lowest BCUT2D eigenvalue weighted by atomic mass is 9.97. The summed E-state index contributed by atoms with van der Waals surface area (Å²) in [7, 11) is 0. The number of hydrogen-bond acceptors (Lipinski definition) is 6. The number of carbonyl (C=O) groups excluding carboxylic acids is 4. The first-order valence-corrected chi connectivity index (χ1v) is 11.5. The van der Waals surface area contributed by atoms with Crippen LogP contribution in [0.1, 0.15) is 91.5 Å². The van der Waals surface area contributed by atoms with E-state index in [1.54, 1.807) is 12.1 Å². The molecular weight excluding hydrogens is 408 g/mol. The van der Waals surface area contributed by atoms with Gasteiger partial charge in [0.05, 0.1) is 11.1 Å². The van der Waals surface area contributed by atoms with Crippen molar-refractivity contribution in [3.8, 4) is 0 Å². The highest BCUT2D eigenvalue weighted by molar-refractivity contribution is 6.24. The molecule has 0 saturated carbocycles. The minimum atomic E-state index is -0.939. The van der Waals surface area contributed by atoms with E-state index in [0.717, 1.165) is 42.7 Å². The monoisotopic (exact) mass is 442 g/mol. The molecule has 3 rings (SSSR count). The molecule has 1 aromatic rings. The quantitative estimate of drug-likeness (QED) is 0.357. The van der Waals surface area contributed by atoms with Crippen LogP contribution in [0.3, 0.4) is 0 Å². The third-order valence-electron chi connectivity index (χ3n) is 6.04. The van der Waals surface area contributed by atoms with Crippen molar-refractivity contribution in [1.29, 1.82) is 0 Å². The molecule has 8 heteroatoms. The highest BCUT2D eigenvalue weighted by Crippen LogP contribution is 2.29. The van der Waals surface area contributed by atoms with Crippen LogP contribution in [0.25, 0.3) is 0 Å². The van der Waals surface area contributed by atoms with Crippen LogP contribution in [0.15, 0.2) is 18.2 Å². The number of rotatable bonds is 11. The summed E-state index contributed by atoms with van der Waals surface area (Å²) in [5, 5.41) is 5.58. The second-order valence-electron chi connectivity index (χ2n) is 9.47. The Morgan fingerprint density at radius 2 is 1.78 bits per heavy atom. The fourth-order valence-electron chi connectivity index (χ4n) is 4.32. The van der Waals surface area contributed by atoms with E-state index in [1.807, 2.05) is 6.07 Å². The molecule has 0 aromatic heterocycles. The first-order valence-electron chi connectivity index (χ1n) is 11.5. The predicted octanol–water partition coefficient (Wildman–Crippen LogP) is 2.26. The molecule has 0 aliphatic carbocycles. The molecule has 0 bridgehead atoms. The van der Waals surface area contributed by atoms with Gasteiger partial charge in [-0.15, -0.1) is 0 Å². The Morgan fingerprint density at radius 1 is 1.06 bits per heavy atom. The predicted molar refractivity (Wildman–Crippen MR) is 121 cm³/mol. The van der Waals surface area contributed by atoms with Crippen molar-refractivity contribution in [1.82, 2.24) is 15.5 Å². The molecular formula is C24H34N4O4. The molecule has 32 heavy (non-hydrogen) atoms. The molecule has 0 spiro atoms. The fraction of sp³-hybridized carbons (Fsp3) is 0.583. The van der Waals surface area contributed by atoms with E-state index in [-0.39, 0.29) is 24.3 Å².